The fourth-order valence-electron chi connectivity index (χ4n) is 3.62. The van der Waals surface area contributed by atoms with Crippen molar-refractivity contribution in [1.29, 1.82) is 0 Å². The number of aryl methyl sites for hydroxylation is 1. The van der Waals surface area contributed by atoms with E-state index in [9.17, 15) is 18.3 Å². The van der Waals surface area contributed by atoms with Gasteiger partial charge in [-0.25, -0.2) is 8.42 Å². The van der Waals surface area contributed by atoms with E-state index >= 15 is 0 Å². The second kappa shape index (κ2) is 7.73. The number of rotatable bonds is 5. The third-order valence-electron chi connectivity index (χ3n) is 5.32. The normalized spacial score (nSPS) is 17.2. The highest BCUT2D eigenvalue weighted by Crippen LogP contribution is 2.42. The van der Waals surface area contributed by atoms with Crippen LogP contribution in [0.2, 0.25) is 5.02 Å². The van der Waals surface area contributed by atoms with Gasteiger partial charge in [-0.3, -0.25) is 4.79 Å². The molecule has 1 aliphatic heterocycles. The predicted octanol–water partition coefficient (Wildman–Crippen LogP) is 3.46. The molecule has 2 aromatic carbocycles. The molecule has 1 saturated heterocycles. The van der Waals surface area contributed by atoms with Crippen LogP contribution in [0.3, 0.4) is 0 Å². The summed E-state index contributed by atoms with van der Waals surface area (Å²) in [6.45, 7) is 2.08. The molecule has 150 valence electrons. The van der Waals surface area contributed by atoms with Crippen LogP contribution in [0, 0.1) is 6.92 Å². The number of ether oxygens (including phenoxy) is 1. The molecule has 1 aliphatic rings. The minimum absolute atomic E-state index is 0.0954. The summed E-state index contributed by atoms with van der Waals surface area (Å²) >= 11 is 6.10. The van der Waals surface area contributed by atoms with Gasteiger partial charge in [-0.2, -0.15) is 4.31 Å². The Morgan fingerprint density at radius 2 is 1.75 bits per heavy atom. The Morgan fingerprint density at radius 3 is 2.29 bits per heavy atom. The second-order valence-electron chi connectivity index (χ2n) is 6.95. The zero-order valence-corrected chi connectivity index (χ0v) is 17.3. The standard InChI is InChI=1S/C20H22ClNO5S/c1-14-3-6-16(7-4-14)28(25,26)22-11-9-20(10-12-22,19(23)24)17-13-15(21)5-8-18(17)27-2/h3-8,13H,9-12H2,1-2H3,(H,23,24). The highest BCUT2D eigenvalue weighted by atomic mass is 35.5. The minimum atomic E-state index is -3.68. The second-order valence-corrected chi connectivity index (χ2v) is 9.32. The summed E-state index contributed by atoms with van der Waals surface area (Å²) in [5.41, 5.74) is 0.188. The lowest BCUT2D eigenvalue weighted by molar-refractivity contribution is -0.145. The van der Waals surface area contributed by atoms with Crippen LogP contribution >= 0.6 is 11.6 Å². The molecular weight excluding hydrogens is 402 g/mol. The van der Waals surface area contributed by atoms with E-state index < -0.39 is 21.4 Å². The summed E-state index contributed by atoms with van der Waals surface area (Å²) in [4.78, 5) is 12.5. The minimum Gasteiger partial charge on any atom is -0.496 e. The van der Waals surface area contributed by atoms with E-state index in [1.807, 2.05) is 6.92 Å². The quantitative estimate of drug-likeness (QED) is 0.796. The van der Waals surface area contributed by atoms with Crippen molar-refractivity contribution in [3.63, 3.8) is 0 Å². The van der Waals surface area contributed by atoms with Gasteiger partial charge < -0.3 is 9.84 Å². The number of carboxylic acid groups (broad SMARTS) is 1. The van der Waals surface area contributed by atoms with Crippen molar-refractivity contribution in [2.75, 3.05) is 20.2 Å². The highest BCUT2D eigenvalue weighted by Gasteiger charge is 2.47. The maximum absolute atomic E-state index is 12.9. The Balaban J connectivity index is 1.92. The molecule has 0 bridgehead atoms. The lowest BCUT2D eigenvalue weighted by atomic mass is 9.73. The molecule has 0 amide bonds. The molecule has 2 aromatic rings. The van der Waals surface area contributed by atoms with Crippen LogP contribution in [-0.4, -0.2) is 44.0 Å². The lowest BCUT2D eigenvalue weighted by Crippen LogP contribution is -2.49. The first kappa shape index (κ1) is 20.6. The Bertz CT molecular complexity index is 980. The van der Waals surface area contributed by atoms with Gasteiger partial charge in [0.25, 0.3) is 0 Å². The first-order chi connectivity index (χ1) is 13.2. The van der Waals surface area contributed by atoms with Gasteiger partial charge in [0.05, 0.1) is 17.4 Å². The number of halogens is 1. The fourth-order valence-corrected chi connectivity index (χ4v) is 5.23. The lowest BCUT2D eigenvalue weighted by Gasteiger charge is -2.39. The summed E-state index contributed by atoms with van der Waals surface area (Å²) < 4.78 is 32.5. The maximum atomic E-state index is 12.9. The Kier molecular flexibility index (Phi) is 5.70. The number of nitrogens with zero attached hydrogens (tertiary/aromatic N) is 1. The van der Waals surface area contributed by atoms with Gasteiger partial charge in [0.1, 0.15) is 5.75 Å². The average Bonchev–Trinajstić information content (AvgIpc) is 2.68. The van der Waals surface area contributed by atoms with Gasteiger partial charge in [-0.05, 0) is 50.1 Å². The van der Waals surface area contributed by atoms with Gasteiger partial charge in [0.15, 0.2) is 0 Å². The van der Waals surface area contributed by atoms with Crippen LogP contribution in [0.25, 0.3) is 0 Å². The van der Waals surface area contributed by atoms with Crippen LogP contribution in [0.4, 0.5) is 0 Å². The summed E-state index contributed by atoms with van der Waals surface area (Å²) in [5, 5.41) is 10.4. The summed E-state index contributed by atoms with van der Waals surface area (Å²) in [7, 11) is -2.21. The monoisotopic (exact) mass is 423 g/mol. The van der Waals surface area contributed by atoms with Crippen molar-refractivity contribution in [1.82, 2.24) is 4.31 Å². The predicted molar refractivity (Wildman–Crippen MR) is 106 cm³/mol. The van der Waals surface area contributed by atoms with E-state index in [1.54, 1.807) is 42.5 Å². The average molecular weight is 424 g/mol. The molecule has 1 N–H and O–H groups in total. The number of methoxy groups -OCH3 is 1. The first-order valence-electron chi connectivity index (χ1n) is 8.85. The van der Waals surface area contributed by atoms with Crippen LogP contribution in [0.15, 0.2) is 47.4 Å². The molecule has 0 saturated carbocycles. The number of hydrogen-bond donors (Lipinski definition) is 1. The SMILES string of the molecule is COc1ccc(Cl)cc1C1(C(=O)O)CCN(S(=O)(=O)c2ccc(C)cc2)CC1. The van der Waals surface area contributed by atoms with Crippen molar-refractivity contribution in [3.8, 4) is 5.75 Å². The molecule has 0 aromatic heterocycles. The van der Waals surface area contributed by atoms with E-state index in [4.69, 9.17) is 16.3 Å². The number of piperidine rings is 1. The van der Waals surface area contributed by atoms with Crippen molar-refractivity contribution in [2.24, 2.45) is 0 Å². The molecule has 6 nitrogen and oxygen atoms in total. The van der Waals surface area contributed by atoms with Crippen molar-refractivity contribution in [2.45, 2.75) is 30.1 Å². The van der Waals surface area contributed by atoms with Gasteiger partial charge in [0, 0.05) is 23.7 Å². The van der Waals surface area contributed by atoms with E-state index in [1.165, 1.54) is 11.4 Å². The number of benzene rings is 2. The van der Waals surface area contributed by atoms with Gasteiger partial charge in [-0.15, -0.1) is 0 Å². The number of sulfonamides is 1. The van der Waals surface area contributed by atoms with Crippen molar-refractivity contribution in [3.05, 3.63) is 58.6 Å². The molecule has 28 heavy (non-hydrogen) atoms. The number of carboxylic acids is 1. The maximum Gasteiger partial charge on any atom is 0.314 e. The third kappa shape index (κ3) is 3.62. The molecule has 0 radical (unpaired) electrons. The van der Waals surface area contributed by atoms with Crippen LogP contribution in [0.5, 0.6) is 5.75 Å². The molecule has 8 heteroatoms. The number of aliphatic carboxylic acids is 1. The molecule has 0 unspecified atom stereocenters. The van der Waals surface area contributed by atoms with E-state index in [2.05, 4.69) is 0 Å². The largest absolute Gasteiger partial charge is 0.496 e. The van der Waals surface area contributed by atoms with Gasteiger partial charge in [0.2, 0.25) is 10.0 Å². The van der Waals surface area contributed by atoms with Crippen LogP contribution in [-0.2, 0) is 20.2 Å². The van der Waals surface area contributed by atoms with Gasteiger partial charge >= 0.3 is 5.97 Å². The molecule has 0 spiro atoms. The smallest absolute Gasteiger partial charge is 0.314 e. The fraction of sp³-hybridized carbons (Fsp3) is 0.350. The van der Waals surface area contributed by atoms with Crippen molar-refractivity contribution < 1.29 is 23.1 Å². The van der Waals surface area contributed by atoms with E-state index in [0.717, 1.165) is 5.56 Å². The molecule has 3 rings (SSSR count). The van der Waals surface area contributed by atoms with E-state index in [-0.39, 0.29) is 30.8 Å². The molecule has 0 aliphatic carbocycles. The van der Waals surface area contributed by atoms with Crippen molar-refractivity contribution >= 4 is 27.6 Å². The highest BCUT2D eigenvalue weighted by molar-refractivity contribution is 7.89. The molecule has 0 atom stereocenters. The zero-order chi connectivity index (χ0) is 20.5. The summed E-state index contributed by atoms with van der Waals surface area (Å²) in [6, 6.07) is 11.5. The summed E-state index contributed by atoms with van der Waals surface area (Å²) in [6.07, 6.45) is 0.258. The molecular formula is C20H22ClNO5S. The number of carbonyl (C=O) groups is 1. The van der Waals surface area contributed by atoms with Crippen LogP contribution in [0.1, 0.15) is 24.0 Å². The van der Waals surface area contributed by atoms with E-state index in [0.29, 0.717) is 16.3 Å². The summed E-state index contributed by atoms with van der Waals surface area (Å²) in [5.74, 6) is -0.581. The topological polar surface area (TPSA) is 83.9 Å². The van der Waals surface area contributed by atoms with Gasteiger partial charge in [-0.1, -0.05) is 29.3 Å². The third-order valence-corrected chi connectivity index (χ3v) is 7.47. The first-order valence-corrected chi connectivity index (χ1v) is 10.7. The Hall–Kier alpha value is -2.09. The van der Waals surface area contributed by atoms with Crippen LogP contribution < -0.4 is 4.74 Å². The Morgan fingerprint density at radius 1 is 1.14 bits per heavy atom. The molecule has 1 fully saturated rings. The zero-order valence-electron chi connectivity index (χ0n) is 15.7. The number of hydrogen-bond acceptors (Lipinski definition) is 4. The molecule has 1 heterocycles. The Labute approximate surface area is 169 Å².